The highest BCUT2D eigenvalue weighted by Crippen LogP contribution is 2.29. The van der Waals surface area contributed by atoms with Gasteiger partial charge >= 0.3 is 0 Å². The summed E-state index contributed by atoms with van der Waals surface area (Å²) >= 11 is 0. The summed E-state index contributed by atoms with van der Waals surface area (Å²) in [6.45, 7) is 6.46. The first-order valence-corrected chi connectivity index (χ1v) is 7.02. The summed E-state index contributed by atoms with van der Waals surface area (Å²) in [5.74, 6) is 0. The predicted octanol–water partition coefficient (Wildman–Crippen LogP) is 0.847. The lowest BCUT2D eigenvalue weighted by Crippen LogP contribution is -2.34. The van der Waals surface area contributed by atoms with Crippen LogP contribution >= 0.6 is 0 Å². The quantitative estimate of drug-likeness (QED) is 0.859. The molecule has 1 saturated heterocycles. The molecule has 1 atom stereocenters. The highest BCUT2D eigenvalue weighted by atomic mass is 16.5. The molecule has 5 heteroatoms. The second-order valence-corrected chi connectivity index (χ2v) is 6.10. The number of nitrogens with one attached hydrogen (secondary N) is 1. The molecule has 1 unspecified atom stereocenters. The van der Waals surface area contributed by atoms with Crippen LogP contribution in [0.4, 0.5) is 0 Å². The van der Waals surface area contributed by atoms with E-state index in [-0.39, 0.29) is 17.3 Å². The Bertz CT molecular complexity index is 536. The van der Waals surface area contributed by atoms with Gasteiger partial charge in [-0.15, -0.1) is 0 Å². The van der Waals surface area contributed by atoms with Gasteiger partial charge in [0, 0.05) is 25.6 Å². The third-order valence-electron chi connectivity index (χ3n) is 3.95. The van der Waals surface area contributed by atoms with Crippen molar-refractivity contribution in [2.75, 3.05) is 6.54 Å². The van der Waals surface area contributed by atoms with Crippen molar-refractivity contribution in [3.05, 3.63) is 27.7 Å². The van der Waals surface area contributed by atoms with Gasteiger partial charge in [0.1, 0.15) is 0 Å². The fourth-order valence-corrected chi connectivity index (χ4v) is 2.89. The third kappa shape index (κ3) is 2.72. The van der Waals surface area contributed by atoms with Crippen molar-refractivity contribution in [2.24, 2.45) is 0 Å². The molecule has 1 fully saturated rings. The Kier molecular flexibility index (Phi) is 3.19. The van der Waals surface area contributed by atoms with Crippen LogP contribution in [0.3, 0.4) is 0 Å². The summed E-state index contributed by atoms with van der Waals surface area (Å²) in [6.07, 6.45) is 3.05. The molecular weight excluding hydrogens is 242 g/mol. The topological polar surface area (TPSA) is 56.2 Å². The lowest BCUT2D eigenvalue weighted by atomic mass is 10.1. The van der Waals surface area contributed by atoms with Crippen LogP contribution in [0.15, 0.2) is 10.9 Å². The van der Waals surface area contributed by atoms with Crippen LogP contribution in [0.5, 0.6) is 0 Å². The van der Waals surface area contributed by atoms with Crippen molar-refractivity contribution in [1.29, 1.82) is 0 Å². The van der Waals surface area contributed by atoms with Crippen molar-refractivity contribution in [3.63, 3.8) is 0 Å². The smallest absolute Gasteiger partial charge is 0.267 e. The molecule has 0 saturated carbocycles. The number of hydrogen-bond donors (Lipinski definition) is 1. The summed E-state index contributed by atoms with van der Waals surface area (Å²) in [4.78, 5) is 12.1. The van der Waals surface area contributed by atoms with Crippen molar-refractivity contribution < 1.29 is 4.74 Å². The largest absolute Gasteiger partial charge is 0.370 e. The van der Waals surface area contributed by atoms with Crippen LogP contribution in [-0.2, 0) is 24.2 Å². The van der Waals surface area contributed by atoms with Crippen LogP contribution in [-0.4, -0.2) is 28.0 Å². The first kappa shape index (κ1) is 12.8. The first-order chi connectivity index (χ1) is 9.03. The first-order valence-electron chi connectivity index (χ1n) is 7.02. The van der Waals surface area contributed by atoms with Gasteiger partial charge in [-0.05, 0) is 32.3 Å². The van der Waals surface area contributed by atoms with Crippen molar-refractivity contribution in [3.8, 4) is 0 Å². The number of hydrogen-bond acceptors (Lipinski definition) is 4. The highest BCUT2D eigenvalue weighted by Gasteiger charge is 2.32. The number of aromatic nitrogens is 2. The maximum atomic E-state index is 12.1. The molecule has 5 nitrogen and oxygen atoms in total. The number of fused-ring (bicyclic) bond motifs is 1. The maximum absolute atomic E-state index is 12.1. The zero-order valence-electron chi connectivity index (χ0n) is 11.6. The van der Waals surface area contributed by atoms with Crippen LogP contribution in [0.2, 0.25) is 0 Å². The number of nitrogens with zero attached hydrogens (tertiary/aromatic N) is 2. The third-order valence-corrected chi connectivity index (χ3v) is 3.95. The summed E-state index contributed by atoms with van der Waals surface area (Å²) in [5, 5.41) is 7.77. The number of ether oxygens (including phenoxy) is 1. The van der Waals surface area contributed by atoms with E-state index in [0.717, 1.165) is 43.6 Å². The molecule has 3 heterocycles. The molecule has 0 bridgehead atoms. The Morgan fingerprint density at radius 3 is 3.16 bits per heavy atom. The molecule has 0 amide bonds. The van der Waals surface area contributed by atoms with E-state index in [0.29, 0.717) is 6.54 Å². The van der Waals surface area contributed by atoms with Gasteiger partial charge in [-0.1, -0.05) is 0 Å². The second kappa shape index (κ2) is 4.72. The van der Waals surface area contributed by atoms with E-state index >= 15 is 0 Å². The van der Waals surface area contributed by atoms with Crippen LogP contribution in [0, 0.1) is 0 Å². The van der Waals surface area contributed by atoms with Gasteiger partial charge in [0.25, 0.3) is 5.56 Å². The summed E-state index contributed by atoms with van der Waals surface area (Å²) < 4.78 is 7.52. The molecule has 19 heavy (non-hydrogen) atoms. The molecule has 0 aliphatic carbocycles. The van der Waals surface area contributed by atoms with E-state index in [1.165, 1.54) is 0 Å². The van der Waals surface area contributed by atoms with E-state index in [9.17, 15) is 4.79 Å². The van der Waals surface area contributed by atoms with Gasteiger partial charge < -0.3 is 10.1 Å². The molecule has 1 N–H and O–H groups in total. The van der Waals surface area contributed by atoms with Gasteiger partial charge in [-0.2, -0.15) is 5.10 Å². The van der Waals surface area contributed by atoms with Gasteiger partial charge in [0.15, 0.2) is 0 Å². The molecule has 2 aliphatic rings. The van der Waals surface area contributed by atoms with Crippen molar-refractivity contribution >= 4 is 0 Å². The SMILES string of the molecule is CC1(C)CCC(Cn2nc3c(cc2=O)CNCC3)O1. The Labute approximate surface area is 113 Å². The fourth-order valence-electron chi connectivity index (χ4n) is 2.89. The molecular formula is C14H21N3O2. The van der Waals surface area contributed by atoms with Crippen molar-refractivity contribution in [2.45, 2.75) is 57.9 Å². The standard InChI is InChI=1S/C14H21N3O2/c1-14(2)5-3-11(19-14)9-17-13(18)7-10-8-15-6-4-12(10)16-17/h7,11,15H,3-6,8-9H2,1-2H3. The normalized spacial score (nSPS) is 25.3. The minimum Gasteiger partial charge on any atom is -0.370 e. The summed E-state index contributed by atoms with van der Waals surface area (Å²) in [6, 6.07) is 1.72. The second-order valence-electron chi connectivity index (χ2n) is 6.10. The van der Waals surface area contributed by atoms with E-state index in [4.69, 9.17) is 4.74 Å². The minimum atomic E-state index is -0.0631. The van der Waals surface area contributed by atoms with Crippen LogP contribution < -0.4 is 10.9 Å². The lowest BCUT2D eigenvalue weighted by molar-refractivity contribution is -0.0236. The van der Waals surface area contributed by atoms with Gasteiger partial charge in [-0.25, -0.2) is 4.68 Å². The molecule has 0 spiro atoms. The zero-order chi connectivity index (χ0) is 13.5. The van der Waals surface area contributed by atoms with E-state index in [1.54, 1.807) is 10.7 Å². The molecule has 1 aromatic rings. The monoisotopic (exact) mass is 263 g/mol. The highest BCUT2D eigenvalue weighted by molar-refractivity contribution is 5.20. The molecule has 0 aromatic carbocycles. The van der Waals surface area contributed by atoms with Crippen molar-refractivity contribution in [1.82, 2.24) is 15.1 Å². The van der Waals surface area contributed by atoms with E-state index in [2.05, 4.69) is 24.3 Å². The molecule has 104 valence electrons. The minimum absolute atomic E-state index is 0.0178. The zero-order valence-corrected chi connectivity index (χ0v) is 11.6. The fraction of sp³-hybridized carbons (Fsp3) is 0.714. The Morgan fingerprint density at radius 2 is 2.42 bits per heavy atom. The lowest BCUT2D eigenvalue weighted by Gasteiger charge is -2.21. The molecule has 0 radical (unpaired) electrons. The van der Waals surface area contributed by atoms with E-state index < -0.39 is 0 Å². The molecule has 3 rings (SSSR count). The summed E-state index contributed by atoms with van der Waals surface area (Å²) in [5.41, 5.74) is 2.01. The van der Waals surface area contributed by atoms with Gasteiger partial charge in [0.2, 0.25) is 0 Å². The average molecular weight is 263 g/mol. The van der Waals surface area contributed by atoms with Gasteiger partial charge in [-0.3, -0.25) is 4.79 Å². The Hall–Kier alpha value is -1.20. The summed E-state index contributed by atoms with van der Waals surface area (Å²) in [7, 11) is 0. The molecule has 2 aliphatic heterocycles. The van der Waals surface area contributed by atoms with Crippen LogP contribution in [0.25, 0.3) is 0 Å². The maximum Gasteiger partial charge on any atom is 0.267 e. The predicted molar refractivity (Wildman–Crippen MR) is 72.1 cm³/mol. The Balaban J connectivity index is 1.80. The molecule has 1 aromatic heterocycles. The van der Waals surface area contributed by atoms with Crippen LogP contribution in [0.1, 0.15) is 37.9 Å². The van der Waals surface area contributed by atoms with Gasteiger partial charge in [0.05, 0.1) is 23.9 Å². The average Bonchev–Trinajstić information content (AvgIpc) is 2.70. The number of rotatable bonds is 2. The van der Waals surface area contributed by atoms with E-state index in [1.807, 2.05) is 0 Å². The Morgan fingerprint density at radius 1 is 1.58 bits per heavy atom.